The molecule has 15 heavy (non-hydrogen) atoms. The van der Waals surface area contributed by atoms with Gasteiger partial charge in [-0.15, -0.1) is 0 Å². The van der Waals surface area contributed by atoms with E-state index in [4.69, 9.17) is 0 Å². The summed E-state index contributed by atoms with van der Waals surface area (Å²) < 4.78 is 13.5. The molecule has 3 heteroatoms. The van der Waals surface area contributed by atoms with Gasteiger partial charge in [0.1, 0.15) is 12.1 Å². The van der Waals surface area contributed by atoms with Crippen LogP contribution in [-0.4, -0.2) is 6.29 Å². The van der Waals surface area contributed by atoms with Crippen molar-refractivity contribution in [2.24, 2.45) is 5.92 Å². The van der Waals surface area contributed by atoms with Gasteiger partial charge in [-0.3, -0.25) is 4.79 Å². The second-order valence-electron chi connectivity index (χ2n) is 3.58. The predicted molar refractivity (Wildman–Crippen MR) is 63.0 cm³/mol. The first-order valence-electron chi connectivity index (χ1n) is 4.66. The molecule has 0 N–H and O–H groups in total. The van der Waals surface area contributed by atoms with Gasteiger partial charge in [0, 0.05) is 4.47 Å². The van der Waals surface area contributed by atoms with Crippen molar-refractivity contribution in [2.45, 2.75) is 13.8 Å². The van der Waals surface area contributed by atoms with Gasteiger partial charge >= 0.3 is 0 Å². The molecule has 0 aliphatic heterocycles. The highest BCUT2D eigenvalue weighted by Crippen LogP contribution is 2.22. The molecule has 0 aromatic heterocycles. The molecule has 0 atom stereocenters. The Bertz CT molecular complexity index is 397. The van der Waals surface area contributed by atoms with Crippen LogP contribution in [0.3, 0.4) is 0 Å². The summed E-state index contributed by atoms with van der Waals surface area (Å²) in [6.07, 6.45) is 2.60. The van der Waals surface area contributed by atoms with E-state index in [-0.39, 0.29) is 11.7 Å². The highest BCUT2D eigenvalue weighted by atomic mass is 79.9. The van der Waals surface area contributed by atoms with Gasteiger partial charge in [0.2, 0.25) is 0 Å². The van der Waals surface area contributed by atoms with E-state index in [1.807, 2.05) is 13.8 Å². The molecule has 0 saturated carbocycles. The standard InChI is InChI=1S/C12H12BrFO/c1-8(2)10(7-15)5-9-3-4-11(14)6-12(9)13/h3-8H,1-2H3/b10-5+. The summed E-state index contributed by atoms with van der Waals surface area (Å²) in [6.45, 7) is 3.88. The maximum absolute atomic E-state index is 12.8. The zero-order chi connectivity index (χ0) is 11.4. The van der Waals surface area contributed by atoms with Gasteiger partial charge in [0.15, 0.2) is 0 Å². The molecule has 1 nitrogen and oxygen atoms in total. The SMILES string of the molecule is CC(C)/C(C=O)=C/c1ccc(F)cc1Br. The third-order valence-corrected chi connectivity index (χ3v) is 2.77. The lowest BCUT2D eigenvalue weighted by molar-refractivity contribution is -0.105. The molecule has 1 aromatic rings. The number of carbonyl (C=O) groups is 1. The molecule has 0 bridgehead atoms. The Kier molecular flexibility index (Phi) is 4.21. The van der Waals surface area contributed by atoms with Crippen LogP contribution >= 0.6 is 15.9 Å². The molecule has 0 spiro atoms. The van der Waals surface area contributed by atoms with Crippen molar-refractivity contribution in [2.75, 3.05) is 0 Å². The molecule has 0 aliphatic carbocycles. The fourth-order valence-electron chi connectivity index (χ4n) is 1.13. The minimum absolute atomic E-state index is 0.166. The molecular formula is C12H12BrFO. The highest BCUT2D eigenvalue weighted by Gasteiger charge is 2.04. The normalized spacial score (nSPS) is 11.9. The Labute approximate surface area is 97.1 Å². The van der Waals surface area contributed by atoms with Crippen molar-refractivity contribution in [1.82, 2.24) is 0 Å². The van der Waals surface area contributed by atoms with Gasteiger partial charge in [0.25, 0.3) is 0 Å². The van der Waals surface area contributed by atoms with Crippen molar-refractivity contribution in [3.63, 3.8) is 0 Å². The smallest absolute Gasteiger partial charge is 0.146 e. The van der Waals surface area contributed by atoms with Crippen LogP contribution < -0.4 is 0 Å². The van der Waals surface area contributed by atoms with Crippen molar-refractivity contribution >= 4 is 28.3 Å². The average molecular weight is 271 g/mol. The fraction of sp³-hybridized carbons (Fsp3) is 0.250. The van der Waals surface area contributed by atoms with Crippen LogP contribution in [0.25, 0.3) is 6.08 Å². The summed E-state index contributed by atoms with van der Waals surface area (Å²) in [4.78, 5) is 10.8. The second-order valence-corrected chi connectivity index (χ2v) is 4.44. The number of hydrogen-bond donors (Lipinski definition) is 0. The maximum atomic E-state index is 12.8. The molecule has 0 heterocycles. The van der Waals surface area contributed by atoms with Crippen LogP contribution in [0, 0.1) is 11.7 Å². The Morgan fingerprint density at radius 1 is 1.47 bits per heavy atom. The van der Waals surface area contributed by atoms with Crippen LogP contribution in [0.2, 0.25) is 0 Å². The van der Waals surface area contributed by atoms with Gasteiger partial charge in [-0.25, -0.2) is 4.39 Å². The molecule has 1 aromatic carbocycles. The van der Waals surface area contributed by atoms with Gasteiger partial charge in [0.05, 0.1) is 0 Å². The molecule has 0 saturated heterocycles. The minimum Gasteiger partial charge on any atom is -0.298 e. The lowest BCUT2D eigenvalue weighted by Crippen LogP contribution is -1.95. The lowest BCUT2D eigenvalue weighted by atomic mass is 10.0. The van der Waals surface area contributed by atoms with Gasteiger partial charge < -0.3 is 0 Å². The molecule has 1 rings (SSSR count). The highest BCUT2D eigenvalue weighted by molar-refractivity contribution is 9.10. The van der Waals surface area contributed by atoms with E-state index in [1.54, 1.807) is 12.1 Å². The zero-order valence-electron chi connectivity index (χ0n) is 8.63. The van der Waals surface area contributed by atoms with E-state index in [9.17, 15) is 9.18 Å². The van der Waals surface area contributed by atoms with Crippen LogP contribution in [0.5, 0.6) is 0 Å². The van der Waals surface area contributed by atoms with Crippen molar-refractivity contribution in [3.8, 4) is 0 Å². The Morgan fingerprint density at radius 2 is 2.13 bits per heavy atom. The average Bonchev–Trinajstić information content (AvgIpc) is 2.16. The molecule has 0 aliphatic rings. The third kappa shape index (κ3) is 3.27. The number of hydrogen-bond acceptors (Lipinski definition) is 1. The summed E-state index contributed by atoms with van der Waals surface area (Å²) in [6, 6.07) is 4.40. The summed E-state index contributed by atoms with van der Waals surface area (Å²) in [5, 5.41) is 0. The summed E-state index contributed by atoms with van der Waals surface area (Å²) in [5.41, 5.74) is 1.51. The van der Waals surface area contributed by atoms with Gasteiger partial charge in [-0.1, -0.05) is 35.8 Å². The van der Waals surface area contributed by atoms with E-state index in [2.05, 4.69) is 15.9 Å². The zero-order valence-corrected chi connectivity index (χ0v) is 10.2. The van der Waals surface area contributed by atoms with Crippen molar-refractivity contribution in [3.05, 3.63) is 39.6 Å². The lowest BCUT2D eigenvalue weighted by Gasteiger charge is -2.05. The molecule has 0 amide bonds. The van der Waals surface area contributed by atoms with Crippen LogP contribution in [0.1, 0.15) is 19.4 Å². The summed E-state index contributed by atoms with van der Waals surface area (Å²) in [5.74, 6) is -0.129. The van der Waals surface area contributed by atoms with E-state index in [1.165, 1.54) is 12.1 Å². The van der Waals surface area contributed by atoms with Gasteiger partial charge in [-0.2, -0.15) is 0 Å². The first kappa shape index (κ1) is 12.1. The van der Waals surface area contributed by atoms with Crippen LogP contribution in [0.15, 0.2) is 28.2 Å². The monoisotopic (exact) mass is 270 g/mol. The Morgan fingerprint density at radius 3 is 2.60 bits per heavy atom. The largest absolute Gasteiger partial charge is 0.298 e. The van der Waals surface area contributed by atoms with E-state index in [0.29, 0.717) is 10.0 Å². The predicted octanol–water partition coefficient (Wildman–Crippen LogP) is 3.83. The molecule has 0 fully saturated rings. The van der Waals surface area contributed by atoms with Crippen molar-refractivity contribution < 1.29 is 9.18 Å². The van der Waals surface area contributed by atoms with Crippen LogP contribution in [0.4, 0.5) is 4.39 Å². The topological polar surface area (TPSA) is 17.1 Å². The maximum Gasteiger partial charge on any atom is 0.146 e. The Balaban J connectivity index is 3.11. The summed E-state index contributed by atoms with van der Waals surface area (Å²) >= 11 is 3.25. The summed E-state index contributed by atoms with van der Waals surface area (Å²) in [7, 11) is 0. The van der Waals surface area contributed by atoms with Crippen LogP contribution in [-0.2, 0) is 4.79 Å². The number of carbonyl (C=O) groups excluding carboxylic acids is 1. The number of allylic oxidation sites excluding steroid dienone is 1. The number of rotatable bonds is 3. The quantitative estimate of drug-likeness (QED) is 0.603. The number of benzene rings is 1. The minimum atomic E-state index is -0.295. The van der Waals surface area contributed by atoms with E-state index < -0.39 is 0 Å². The second kappa shape index (κ2) is 5.21. The van der Waals surface area contributed by atoms with E-state index in [0.717, 1.165) is 11.8 Å². The number of aldehydes is 1. The van der Waals surface area contributed by atoms with Crippen molar-refractivity contribution in [1.29, 1.82) is 0 Å². The first-order valence-corrected chi connectivity index (χ1v) is 5.45. The third-order valence-electron chi connectivity index (χ3n) is 2.09. The van der Waals surface area contributed by atoms with E-state index >= 15 is 0 Å². The molecular weight excluding hydrogens is 259 g/mol. The Hall–Kier alpha value is -0.960. The molecule has 0 radical (unpaired) electrons. The number of halogens is 2. The van der Waals surface area contributed by atoms with Gasteiger partial charge in [-0.05, 0) is 35.3 Å². The fourth-order valence-corrected chi connectivity index (χ4v) is 1.60. The molecule has 80 valence electrons. The molecule has 0 unspecified atom stereocenters. The first-order chi connectivity index (χ1) is 7.04.